The highest BCUT2D eigenvalue weighted by Crippen LogP contribution is 2.54. The van der Waals surface area contributed by atoms with Crippen LogP contribution in [-0.4, -0.2) is 70.9 Å². The summed E-state index contributed by atoms with van der Waals surface area (Å²) < 4.78 is 33.5. The van der Waals surface area contributed by atoms with Crippen LogP contribution in [-0.2, 0) is 28.5 Å². The standard InChI is InChI=1S/C22H30ClIO6S/c1-3-31-16(25)9-13-4-5-14-17(26-13)21-20-19(27-14)18-15(28-20)10-22(29-18,30-21)7-6-12(23)8-11(2)24/h12-15,17-21H,2-10H2,1H3/t12-,13-,14+,15?,17+,18+,19+,20-,21+,22?/m1/s1. The van der Waals surface area contributed by atoms with Gasteiger partial charge in [-0.15, -0.1) is 11.6 Å². The molecule has 31 heavy (non-hydrogen) atoms. The predicted molar refractivity (Wildman–Crippen MR) is 127 cm³/mol. The Kier molecular flexibility index (Phi) is 7.01. The van der Waals surface area contributed by atoms with E-state index in [0.717, 1.165) is 35.0 Å². The second kappa shape index (κ2) is 9.32. The average Bonchev–Trinajstić information content (AvgIpc) is 3.11. The van der Waals surface area contributed by atoms with Crippen molar-refractivity contribution >= 4 is 51.1 Å². The molecule has 6 nitrogen and oxygen atoms in total. The van der Waals surface area contributed by atoms with Crippen molar-refractivity contribution in [3.63, 3.8) is 0 Å². The molecule has 6 bridgehead atoms. The van der Waals surface area contributed by atoms with Crippen molar-refractivity contribution in [1.82, 2.24) is 0 Å². The maximum atomic E-state index is 12.2. The van der Waals surface area contributed by atoms with Gasteiger partial charge in [0.05, 0.1) is 18.3 Å². The van der Waals surface area contributed by atoms with Gasteiger partial charge in [0.25, 0.3) is 0 Å². The van der Waals surface area contributed by atoms with Crippen LogP contribution in [0.3, 0.4) is 0 Å². The third kappa shape index (κ3) is 4.61. The number of carbonyl (C=O) groups excluding carboxylic acids is 1. The molecular formula is C22H30ClIO6S. The Morgan fingerprint density at radius 3 is 2.65 bits per heavy atom. The van der Waals surface area contributed by atoms with Crippen LogP contribution in [0.1, 0.15) is 51.9 Å². The van der Waals surface area contributed by atoms with Crippen LogP contribution in [0.4, 0.5) is 0 Å². The quantitative estimate of drug-likeness (QED) is 0.311. The molecule has 9 heteroatoms. The van der Waals surface area contributed by atoms with Crippen LogP contribution in [0.15, 0.2) is 10.2 Å². The second-order valence-electron chi connectivity index (χ2n) is 9.22. The van der Waals surface area contributed by atoms with Crippen molar-refractivity contribution in [3.8, 4) is 0 Å². The largest absolute Gasteiger partial charge is 0.369 e. The van der Waals surface area contributed by atoms with Crippen molar-refractivity contribution in [3.05, 3.63) is 10.2 Å². The van der Waals surface area contributed by atoms with Crippen molar-refractivity contribution in [1.29, 1.82) is 0 Å². The Morgan fingerprint density at radius 2 is 1.87 bits per heavy atom. The van der Waals surface area contributed by atoms with Crippen LogP contribution in [0.25, 0.3) is 0 Å². The van der Waals surface area contributed by atoms with Crippen molar-refractivity contribution < 1.29 is 28.5 Å². The smallest absolute Gasteiger partial charge is 0.191 e. The van der Waals surface area contributed by atoms with Gasteiger partial charge in [-0.05, 0) is 57.6 Å². The lowest BCUT2D eigenvalue weighted by Gasteiger charge is -2.47. The van der Waals surface area contributed by atoms with E-state index < -0.39 is 5.79 Å². The summed E-state index contributed by atoms with van der Waals surface area (Å²) in [4.78, 5) is 12.2. The Balaban J connectivity index is 1.30. The predicted octanol–water partition coefficient (Wildman–Crippen LogP) is 4.35. The van der Waals surface area contributed by atoms with E-state index in [2.05, 4.69) is 29.2 Å². The van der Waals surface area contributed by atoms with Crippen molar-refractivity contribution in [2.45, 2.75) is 112 Å². The lowest BCUT2D eigenvalue weighted by molar-refractivity contribution is -0.291. The molecule has 0 saturated carbocycles. The fourth-order valence-electron chi connectivity index (χ4n) is 5.75. The number of hydrogen-bond donors (Lipinski definition) is 0. The number of rotatable bonds is 8. The molecule has 0 aromatic heterocycles. The monoisotopic (exact) mass is 584 g/mol. The van der Waals surface area contributed by atoms with Crippen LogP contribution in [0.5, 0.6) is 0 Å². The minimum atomic E-state index is -0.703. The molecule has 0 amide bonds. The highest BCUT2D eigenvalue weighted by molar-refractivity contribution is 14.1. The van der Waals surface area contributed by atoms with Gasteiger partial charge in [0.1, 0.15) is 30.5 Å². The molecule has 10 atom stereocenters. The Bertz CT molecular complexity index is 726. The van der Waals surface area contributed by atoms with E-state index >= 15 is 0 Å². The van der Waals surface area contributed by atoms with Crippen LogP contribution in [0, 0.1) is 0 Å². The summed E-state index contributed by atoms with van der Waals surface area (Å²) in [6.45, 7) is 5.95. The summed E-state index contributed by atoms with van der Waals surface area (Å²) in [5.41, 5.74) is 0. The van der Waals surface area contributed by atoms with Gasteiger partial charge in [0.2, 0.25) is 0 Å². The van der Waals surface area contributed by atoms with Gasteiger partial charge in [0.15, 0.2) is 10.9 Å². The molecule has 0 aliphatic carbocycles. The first kappa shape index (κ1) is 23.3. The second-order valence-corrected chi connectivity index (χ2v) is 12.7. The lowest BCUT2D eigenvalue weighted by atomic mass is 9.87. The van der Waals surface area contributed by atoms with Crippen molar-refractivity contribution in [2.24, 2.45) is 0 Å². The molecule has 174 valence electrons. The number of fused-ring (bicyclic) bond motifs is 1. The fourth-order valence-corrected chi connectivity index (χ4v) is 7.47. The summed E-state index contributed by atoms with van der Waals surface area (Å²) in [7, 11) is 0. The zero-order valence-corrected chi connectivity index (χ0v) is 21.4. The molecule has 0 N–H and O–H groups in total. The van der Waals surface area contributed by atoms with Crippen LogP contribution >= 0.6 is 46.0 Å². The number of thioether (sulfide) groups is 1. The van der Waals surface area contributed by atoms with E-state index in [1.54, 1.807) is 0 Å². The molecule has 6 saturated heterocycles. The first-order chi connectivity index (χ1) is 14.9. The molecule has 0 aromatic carbocycles. The number of hydrogen-bond acceptors (Lipinski definition) is 7. The SMILES string of the molecule is C=C(I)C[C@H](Cl)CCC12CC3O[C@H]4[C@@H](O1)[C@H]1O[C@@H](CC(=O)SCC)CC[C@@H]1O[C@H]4[C@H]3O2. The first-order valence-electron chi connectivity index (χ1n) is 11.3. The van der Waals surface area contributed by atoms with Gasteiger partial charge < -0.3 is 23.7 Å². The highest BCUT2D eigenvalue weighted by Gasteiger charge is 2.68. The molecule has 6 aliphatic heterocycles. The Morgan fingerprint density at radius 1 is 1.13 bits per heavy atom. The molecule has 6 rings (SSSR count). The number of halogens is 2. The zero-order valence-electron chi connectivity index (χ0n) is 17.7. The maximum Gasteiger partial charge on any atom is 0.191 e. The van der Waals surface area contributed by atoms with Crippen LogP contribution in [0.2, 0.25) is 0 Å². The van der Waals surface area contributed by atoms with E-state index in [1.807, 2.05) is 6.92 Å². The van der Waals surface area contributed by atoms with Gasteiger partial charge in [-0.2, -0.15) is 0 Å². The maximum absolute atomic E-state index is 12.2. The Labute approximate surface area is 206 Å². The summed E-state index contributed by atoms with van der Waals surface area (Å²) in [5.74, 6) is 0.0881. The molecule has 0 radical (unpaired) electrons. The van der Waals surface area contributed by atoms with Gasteiger partial charge in [0, 0.05) is 24.6 Å². The summed E-state index contributed by atoms with van der Waals surface area (Å²) in [5, 5.41) is 0.191. The van der Waals surface area contributed by atoms with E-state index in [0.29, 0.717) is 19.3 Å². The molecule has 0 aromatic rings. The number of alkyl halides is 1. The summed E-state index contributed by atoms with van der Waals surface area (Å²) in [6, 6.07) is 0. The van der Waals surface area contributed by atoms with Gasteiger partial charge in [-0.1, -0.05) is 25.3 Å². The third-order valence-corrected chi connectivity index (χ3v) is 8.60. The number of allylic oxidation sites excluding steroid dienone is 1. The van der Waals surface area contributed by atoms with E-state index in [1.165, 1.54) is 11.8 Å². The first-order valence-corrected chi connectivity index (χ1v) is 13.8. The lowest BCUT2D eigenvalue weighted by Crippen LogP contribution is -2.61. The van der Waals surface area contributed by atoms with E-state index in [9.17, 15) is 4.79 Å². The van der Waals surface area contributed by atoms with E-state index in [4.69, 9.17) is 35.3 Å². The molecule has 6 aliphatic rings. The van der Waals surface area contributed by atoms with Crippen molar-refractivity contribution in [2.75, 3.05) is 5.75 Å². The zero-order chi connectivity index (χ0) is 21.8. The summed E-state index contributed by atoms with van der Waals surface area (Å²) in [6.07, 6.45) is 4.10. The van der Waals surface area contributed by atoms with E-state index in [-0.39, 0.29) is 59.3 Å². The fraction of sp³-hybridized carbons (Fsp3) is 0.864. The van der Waals surface area contributed by atoms with Gasteiger partial charge in [-0.25, -0.2) is 0 Å². The third-order valence-electron chi connectivity index (χ3n) is 7.01. The molecular weight excluding hydrogens is 555 g/mol. The average molecular weight is 585 g/mol. The molecule has 6 heterocycles. The minimum absolute atomic E-state index is 0.00459. The summed E-state index contributed by atoms with van der Waals surface area (Å²) >= 11 is 10.1. The molecule has 6 fully saturated rings. The molecule has 0 spiro atoms. The van der Waals surface area contributed by atoms with Gasteiger partial charge in [-0.3, -0.25) is 4.79 Å². The minimum Gasteiger partial charge on any atom is -0.369 e. The Hall–Kier alpha value is 0.580. The van der Waals surface area contributed by atoms with Gasteiger partial charge >= 0.3 is 0 Å². The van der Waals surface area contributed by atoms with Crippen LogP contribution < -0.4 is 0 Å². The number of ether oxygens (including phenoxy) is 5. The topological polar surface area (TPSA) is 63.2 Å². The normalized spacial score (nSPS) is 45.9. The molecule has 2 unspecified atom stereocenters. The number of carbonyl (C=O) groups is 1. The highest BCUT2D eigenvalue weighted by atomic mass is 127.